The van der Waals surface area contributed by atoms with Crippen molar-refractivity contribution < 1.29 is 14.6 Å². The number of rotatable bonds is 7. The Hall–Kier alpha value is -2.91. The van der Waals surface area contributed by atoms with Gasteiger partial charge >= 0.3 is 6.09 Å². The minimum absolute atomic E-state index is 0.0364. The Morgan fingerprint density at radius 2 is 2.27 bits per heavy atom. The van der Waals surface area contributed by atoms with Crippen LogP contribution in [-0.4, -0.2) is 62.4 Å². The molecule has 1 fully saturated rings. The van der Waals surface area contributed by atoms with Gasteiger partial charge in [-0.25, -0.2) is 9.48 Å². The molecule has 30 heavy (non-hydrogen) atoms. The van der Waals surface area contributed by atoms with Gasteiger partial charge < -0.3 is 20.1 Å². The van der Waals surface area contributed by atoms with Gasteiger partial charge in [-0.15, -0.1) is 0 Å². The maximum atomic E-state index is 10.7. The molecule has 2 N–H and O–H groups in total. The van der Waals surface area contributed by atoms with Gasteiger partial charge in [0.15, 0.2) is 0 Å². The highest BCUT2D eigenvalue weighted by Gasteiger charge is 2.21. The summed E-state index contributed by atoms with van der Waals surface area (Å²) in [6.07, 6.45) is 6.07. The molecule has 4 rings (SSSR count). The van der Waals surface area contributed by atoms with Crippen LogP contribution in [0.2, 0.25) is 0 Å². The summed E-state index contributed by atoms with van der Waals surface area (Å²) in [4.78, 5) is 12.8. The van der Waals surface area contributed by atoms with Gasteiger partial charge in [-0.05, 0) is 32.4 Å². The third-order valence-electron chi connectivity index (χ3n) is 5.49. The fourth-order valence-corrected chi connectivity index (χ4v) is 3.88. The standard InChI is InChI=1S/C21H28N6O3/c1-25(9-8-22-21(28)29)13-17-14-27(19-5-3-4-10-30-19)24-20(17)15-6-7-16-12-23-26(2)18(16)11-15/h6-7,11-12,14,19,22H,3-5,8-10,13H2,1-2H3,(H,28,29). The van der Waals surface area contributed by atoms with Crippen LogP contribution < -0.4 is 5.32 Å². The number of hydrogen-bond donors (Lipinski definition) is 2. The summed E-state index contributed by atoms with van der Waals surface area (Å²) >= 11 is 0. The summed E-state index contributed by atoms with van der Waals surface area (Å²) in [7, 11) is 3.91. The SMILES string of the molecule is CN(CCNC(=O)O)Cc1cn(C2CCCCO2)nc1-c1ccc2cnn(C)c2c1. The Balaban J connectivity index is 1.63. The molecule has 0 radical (unpaired) electrons. The minimum Gasteiger partial charge on any atom is -0.465 e. The summed E-state index contributed by atoms with van der Waals surface area (Å²) in [5, 5.41) is 21.5. The lowest BCUT2D eigenvalue weighted by molar-refractivity contribution is -0.0394. The van der Waals surface area contributed by atoms with Crippen LogP contribution in [0.25, 0.3) is 22.2 Å². The van der Waals surface area contributed by atoms with Crippen molar-refractivity contribution in [2.24, 2.45) is 7.05 Å². The zero-order valence-corrected chi connectivity index (χ0v) is 17.4. The molecule has 1 amide bonds. The molecule has 2 aromatic heterocycles. The highest BCUT2D eigenvalue weighted by Crippen LogP contribution is 2.30. The number of nitrogens with one attached hydrogen (secondary N) is 1. The van der Waals surface area contributed by atoms with Crippen LogP contribution in [-0.2, 0) is 18.3 Å². The molecule has 1 aromatic carbocycles. The van der Waals surface area contributed by atoms with Gasteiger partial charge in [0.1, 0.15) is 6.23 Å². The summed E-state index contributed by atoms with van der Waals surface area (Å²) < 4.78 is 9.75. The Labute approximate surface area is 175 Å². The van der Waals surface area contributed by atoms with E-state index in [2.05, 4.69) is 39.7 Å². The van der Waals surface area contributed by atoms with E-state index >= 15 is 0 Å². The van der Waals surface area contributed by atoms with Crippen LogP contribution in [0.15, 0.2) is 30.6 Å². The first-order valence-corrected chi connectivity index (χ1v) is 10.3. The second-order valence-corrected chi connectivity index (χ2v) is 7.82. The van der Waals surface area contributed by atoms with Crippen LogP contribution in [0.3, 0.4) is 0 Å². The van der Waals surface area contributed by atoms with E-state index in [9.17, 15) is 4.79 Å². The average Bonchev–Trinajstić information content (AvgIpc) is 3.32. The first kappa shape index (κ1) is 20.4. The third-order valence-corrected chi connectivity index (χ3v) is 5.49. The summed E-state index contributed by atoms with van der Waals surface area (Å²) in [5.41, 5.74) is 4.10. The monoisotopic (exact) mass is 412 g/mol. The van der Waals surface area contributed by atoms with Crippen molar-refractivity contribution in [1.82, 2.24) is 29.8 Å². The quantitative estimate of drug-likeness (QED) is 0.619. The zero-order chi connectivity index (χ0) is 21.1. The molecule has 0 aliphatic carbocycles. The fraction of sp³-hybridized carbons (Fsp3) is 0.476. The highest BCUT2D eigenvalue weighted by atomic mass is 16.5. The van der Waals surface area contributed by atoms with E-state index in [1.54, 1.807) is 0 Å². The molecule has 1 atom stereocenters. The molecular formula is C21H28N6O3. The normalized spacial score (nSPS) is 17.0. The smallest absolute Gasteiger partial charge is 0.404 e. The van der Waals surface area contributed by atoms with Crippen molar-refractivity contribution in [2.45, 2.75) is 32.0 Å². The third kappa shape index (κ3) is 4.47. The van der Waals surface area contributed by atoms with E-state index in [0.29, 0.717) is 19.6 Å². The molecule has 0 bridgehead atoms. The molecule has 1 unspecified atom stereocenters. The number of benzene rings is 1. The zero-order valence-electron chi connectivity index (χ0n) is 17.4. The van der Waals surface area contributed by atoms with Crippen LogP contribution in [0.1, 0.15) is 31.1 Å². The maximum Gasteiger partial charge on any atom is 0.404 e. The molecule has 1 aliphatic heterocycles. The Kier molecular flexibility index (Phi) is 6.01. The number of hydrogen-bond acceptors (Lipinski definition) is 5. The number of aromatic nitrogens is 4. The molecule has 160 valence electrons. The van der Waals surface area contributed by atoms with Gasteiger partial charge in [0.25, 0.3) is 0 Å². The summed E-state index contributed by atoms with van der Waals surface area (Å²) in [5.74, 6) is 0. The Morgan fingerprint density at radius 1 is 1.40 bits per heavy atom. The largest absolute Gasteiger partial charge is 0.465 e. The van der Waals surface area contributed by atoms with Gasteiger partial charge in [0, 0.05) is 56.0 Å². The number of aryl methyl sites for hydroxylation is 1. The predicted molar refractivity (Wildman–Crippen MR) is 113 cm³/mol. The molecule has 9 heteroatoms. The van der Waals surface area contributed by atoms with E-state index in [0.717, 1.165) is 53.6 Å². The lowest BCUT2D eigenvalue weighted by Gasteiger charge is -2.22. The van der Waals surface area contributed by atoms with Gasteiger partial charge in [0.2, 0.25) is 0 Å². The van der Waals surface area contributed by atoms with Crippen LogP contribution in [0, 0.1) is 0 Å². The molecule has 0 saturated carbocycles. The molecule has 1 aliphatic rings. The Morgan fingerprint density at radius 3 is 3.03 bits per heavy atom. The van der Waals surface area contributed by atoms with Gasteiger partial charge in [-0.1, -0.05) is 12.1 Å². The second-order valence-electron chi connectivity index (χ2n) is 7.82. The lowest BCUT2D eigenvalue weighted by Crippen LogP contribution is -2.31. The van der Waals surface area contributed by atoms with Crippen LogP contribution >= 0.6 is 0 Å². The van der Waals surface area contributed by atoms with Crippen molar-refractivity contribution in [3.63, 3.8) is 0 Å². The molecule has 3 aromatic rings. The molecule has 0 spiro atoms. The fourth-order valence-electron chi connectivity index (χ4n) is 3.88. The van der Waals surface area contributed by atoms with Crippen molar-refractivity contribution >= 4 is 17.0 Å². The number of amides is 1. The topological polar surface area (TPSA) is 97.4 Å². The number of likely N-dealkylation sites (N-methyl/N-ethyl adjacent to an activating group) is 1. The van der Waals surface area contributed by atoms with E-state index in [4.69, 9.17) is 14.9 Å². The molecular weight excluding hydrogens is 384 g/mol. The van der Waals surface area contributed by atoms with Crippen molar-refractivity contribution in [3.8, 4) is 11.3 Å². The first-order chi connectivity index (χ1) is 14.5. The van der Waals surface area contributed by atoms with E-state index in [1.165, 1.54) is 0 Å². The molecule has 1 saturated heterocycles. The number of carboxylic acid groups (broad SMARTS) is 1. The lowest BCUT2D eigenvalue weighted by atomic mass is 10.1. The average molecular weight is 412 g/mol. The van der Waals surface area contributed by atoms with Crippen molar-refractivity contribution in [1.29, 1.82) is 0 Å². The highest BCUT2D eigenvalue weighted by molar-refractivity contribution is 5.84. The summed E-state index contributed by atoms with van der Waals surface area (Å²) in [6.45, 7) is 2.41. The van der Waals surface area contributed by atoms with Crippen molar-refractivity contribution in [2.75, 3.05) is 26.7 Å². The van der Waals surface area contributed by atoms with Crippen molar-refractivity contribution in [3.05, 3.63) is 36.2 Å². The molecule has 3 heterocycles. The predicted octanol–water partition coefficient (Wildman–Crippen LogP) is 2.84. The molecule has 9 nitrogen and oxygen atoms in total. The Bertz CT molecular complexity index is 1020. The van der Waals surface area contributed by atoms with E-state index in [1.807, 2.05) is 29.7 Å². The minimum atomic E-state index is -1.00. The first-order valence-electron chi connectivity index (χ1n) is 10.3. The number of ether oxygens (including phenoxy) is 1. The van der Waals surface area contributed by atoms with Crippen LogP contribution in [0.4, 0.5) is 4.79 Å². The summed E-state index contributed by atoms with van der Waals surface area (Å²) in [6, 6.07) is 6.26. The van der Waals surface area contributed by atoms with Gasteiger partial charge in [-0.2, -0.15) is 10.2 Å². The number of nitrogens with zero attached hydrogens (tertiary/aromatic N) is 5. The van der Waals surface area contributed by atoms with Crippen LogP contribution in [0.5, 0.6) is 0 Å². The number of fused-ring (bicyclic) bond motifs is 1. The maximum absolute atomic E-state index is 10.7. The van der Waals surface area contributed by atoms with E-state index in [-0.39, 0.29) is 6.23 Å². The van der Waals surface area contributed by atoms with E-state index < -0.39 is 6.09 Å². The number of carbonyl (C=O) groups is 1. The van der Waals surface area contributed by atoms with Gasteiger partial charge in [-0.3, -0.25) is 4.68 Å². The second kappa shape index (κ2) is 8.85. The van der Waals surface area contributed by atoms with Gasteiger partial charge in [0.05, 0.1) is 17.4 Å².